The molecule has 0 aliphatic rings. The molecule has 3 aromatic rings. The summed E-state index contributed by atoms with van der Waals surface area (Å²) in [7, 11) is 0. The second-order valence-corrected chi connectivity index (χ2v) is 4.87. The Morgan fingerprint density at radius 3 is 3.14 bits per heavy atom. The third-order valence-corrected chi connectivity index (χ3v) is 3.24. The van der Waals surface area contributed by atoms with Gasteiger partial charge in [0.05, 0.1) is 6.61 Å². The van der Waals surface area contributed by atoms with Crippen molar-refractivity contribution in [3.8, 4) is 0 Å². The Morgan fingerprint density at radius 1 is 1.48 bits per heavy atom. The average molecular weight is 306 g/mol. The number of fused-ring (bicyclic) bond motifs is 1. The quantitative estimate of drug-likeness (QED) is 0.517. The predicted octanol–water partition coefficient (Wildman–Crippen LogP) is 1.14. The molecule has 0 amide bonds. The Labute approximate surface area is 122 Å². The number of rotatable bonds is 4. The zero-order valence-electron chi connectivity index (χ0n) is 11.2. The van der Waals surface area contributed by atoms with Crippen molar-refractivity contribution in [2.45, 2.75) is 24.1 Å². The monoisotopic (exact) mass is 306 g/mol. The Balaban J connectivity index is 1.89. The molecule has 0 saturated carbocycles. The van der Waals surface area contributed by atoms with Crippen LogP contribution < -0.4 is 0 Å². The molecule has 21 heavy (non-hydrogen) atoms. The number of aryl methyl sites for hydroxylation is 1. The van der Waals surface area contributed by atoms with E-state index in [9.17, 15) is 4.79 Å². The van der Waals surface area contributed by atoms with Crippen LogP contribution in [0.1, 0.15) is 23.3 Å². The van der Waals surface area contributed by atoms with Crippen molar-refractivity contribution in [2.75, 3.05) is 6.61 Å². The van der Waals surface area contributed by atoms with E-state index in [0.717, 1.165) is 17.5 Å². The molecule has 0 atom stereocenters. The molecule has 3 aromatic heterocycles. The van der Waals surface area contributed by atoms with E-state index in [4.69, 9.17) is 9.15 Å². The minimum absolute atomic E-state index is 0.181. The molecule has 0 fully saturated rings. The molecule has 108 valence electrons. The maximum atomic E-state index is 11.5. The second kappa shape index (κ2) is 5.48. The van der Waals surface area contributed by atoms with E-state index >= 15 is 0 Å². The average Bonchev–Trinajstić information content (AvgIpc) is 3.07. The summed E-state index contributed by atoms with van der Waals surface area (Å²) in [6.45, 7) is 3.79. The van der Waals surface area contributed by atoms with E-state index in [1.54, 1.807) is 17.5 Å². The summed E-state index contributed by atoms with van der Waals surface area (Å²) in [6, 6.07) is 1.81. The molecule has 3 heterocycles. The highest BCUT2D eigenvalue weighted by atomic mass is 32.2. The summed E-state index contributed by atoms with van der Waals surface area (Å²) in [6.07, 6.45) is 1.41. The summed E-state index contributed by atoms with van der Waals surface area (Å²) in [4.78, 5) is 19.7. The summed E-state index contributed by atoms with van der Waals surface area (Å²) < 4.78 is 11.6. The molecule has 0 saturated heterocycles. The number of carbonyl (C=O) groups excluding carboxylic acids is 1. The van der Waals surface area contributed by atoms with Crippen molar-refractivity contribution in [3.05, 3.63) is 24.0 Å². The first-order valence-corrected chi connectivity index (χ1v) is 6.85. The zero-order chi connectivity index (χ0) is 14.8. The van der Waals surface area contributed by atoms with Crippen LogP contribution in [0.25, 0.3) is 5.78 Å². The van der Waals surface area contributed by atoms with E-state index in [1.165, 1.54) is 6.33 Å². The minimum Gasteiger partial charge on any atom is -0.459 e. The van der Waals surface area contributed by atoms with Crippen LogP contribution in [0.4, 0.5) is 0 Å². The van der Waals surface area contributed by atoms with Gasteiger partial charge < -0.3 is 9.15 Å². The van der Waals surface area contributed by atoms with Gasteiger partial charge in [0.25, 0.3) is 11.0 Å². The Hall–Kier alpha value is -2.49. The largest absolute Gasteiger partial charge is 0.459 e. The molecule has 10 heteroatoms. The number of hydrogen-bond donors (Lipinski definition) is 0. The number of aromatic nitrogens is 6. The van der Waals surface area contributed by atoms with Crippen LogP contribution in [-0.4, -0.2) is 42.4 Å². The van der Waals surface area contributed by atoms with Crippen molar-refractivity contribution in [1.82, 2.24) is 29.8 Å². The first-order valence-electron chi connectivity index (χ1n) is 6.03. The molecule has 0 bridgehead atoms. The molecule has 0 aliphatic carbocycles. The molecule has 0 radical (unpaired) electrons. The smallest absolute Gasteiger partial charge is 0.396 e. The summed E-state index contributed by atoms with van der Waals surface area (Å²) in [5, 5.41) is 12.4. The molecular formula is C11H10N6O3S. The van der Waals surface area contributed by atoms with Gasteiger partial charge >= 0.3 is 11.9 Å². The Morgan fingerprint density at radius 2 is 2.33 bits per heavy atom. The van der Waals surface area contributed by atoms with Crippen molar-refractivity contribution < 1.29 is 13.9 Å². The van der Waals surface area contributed by atoms with E-state index in [0.29, 0.717) is 10.8 Å². The first kappa shape index (κ1) is 13.5. The lowest BCUT2D eigenvalue weighted by molar-refractivity contribution is 0.0475. The third-order valence-electron chi connectivity index (χ3n) is 2.40. The molecule has 9 nitrogen and oxygen atoms in total. The fourth-order valence-electron chi connectivity index (χ4n) is 1.59. The van der Waals surface area contributed by atoms with Gasteiger partial charge in [-0.15, -0.1) is 5.10 Å². The fraction of sp³-hybridized carbons (Fsp3) is 0.273. The van der Waals surface area contributed by atoms with E-state index in [2.05, 4.69) is 25.3 Å². The van der Waals surface area contributed by atoms with Gasteiger partial charge in [-0.05, 0) is 31.7 Å². The maximum absolute atomic E-state index is 11.5. The number of carbonyl (C=O) groups is 1. The van der Waals surface area contributed by atoms with Crippen molar-refractivity contribution in [1.29, 1.82) is 0 Å². The van der Waals surface area contributed by atoms with Crippen LogP contribution in [0.5, 0.6) is 0 Å². The summed E-state index contributed by atoms with van der Waals surface area (Å²) in [5.74, 6) is -0.351. The Kier molecular flexibility index (Phi) is 3.52. The highest BCUT2D eigenvalue weighted by Crippen LogP contribution is 2.26. The van der Waals surface area contributed by atoms with E-state index in [1.807, 2.05) is 6.92 Å². The van der Waals surface area contributed by atoms with Crippen LogP contribution in [0.15, 0.2) is 27.1 Å². The van der Waals surface area contributed by atoms with Gasteiger partial charge in [-0.2, -0.15) is 14.6 Å². The molecule has 0 N–H and O–H groups in total. The Bertz CT molecular complexity index is 798. The van der Waals surface area contributed by atoms with Crippen LogP contribution in [0.2, 0.25) is 0 Å². The SMILES string of the molecule is CCOC(=O)c1nnc(Sc2cc(C)nc3ncnn23)o1. The predicted molar refractivity (Wildman–Crippen MR) is 69.9 cm³/mol. The van der Waals surface area contributed by atoms with E-state index < -0.39 is 5.97 Å². The molecule has 3 rings (SSSR count). The van der Waals surface area contributed by atoms with Crippen LogP contribution in [0.3, 0.4) is 0 Å². The second-order valence-electron chi connectivity index (χ2n) is 3.90. The van der Waals surface area contributed by atoms with Crippen LogP contribution in [0, 0.1) is 6.92 Å². The van der Waals surface area contributed by atoms with Gasteiger partial charge in [-0.3, -0.25) is 0 Å². The molecule has 0 unspecified atom stereocenters. The highest BCUT2D eigenvalue weighted by molar-refractivity contribution is 7.99. The van der Waals surface area contributed by atoms with Gasteiger partial charge in [-0.25, -0.2) is 9.78 Å². The number of ether oxygens (including phenoxy) is 1. The van der Waals surface area contributed by atoms with Gasteiger partial charge in [0.1, 0.15) is 11.4 Å². The van der Waals surface area contributed by atoms with Gasteiger partial charge in [0.15, 0.2) is 0 Å². The summed E-state index contributed by atoms with van der Waals surface area (Å²) in [5.41, 5.74) is 0.781. The van der Waals surface area contributed by atoms with Crippen LogP contribution in [-0.2, 0) is 4.74 Å². The van der Waals surface area contributed by atoms with Gasteiger partial charge in [0, 0.05) is 5.69 Å². The summed E-state index contributed by atoms with van der Waals surface area (Å²) >= 11 is 1.16. The molecular weight excluding hydrogens is 296 g/mol. The standard InChI is InChI=1S/C11H10N6O3S/c1-3-19-9(18)8-15-16-11(20-8)21-7-4-6(2)14-10-12-5-13-17(7)10/h4-5H,3H2,1-2H3. The number of nitrogens with zero attached hydrogens (tertiary/aromatic N) is 6. The van der Waals surface area contributed by atoms with Crippen molar-refractivity contribution in [2.24, 2.45) is 0 Å². The van der Waals surface area contributed by atoms with Crippen molar-refractivity contribution >= 4 is 23.5 Å². The third kappa shape index (κ3) is 2.70. The van der Waals surface area contributed by atoms with Crippen LogP contribution >= 0.6 is 11.8 Å². The normalized spacial score (nSPS) is 11.0. The zero-order valence-corrected chi connectivity index (χ0v) is 12.0. The first-order chi connectivity index (χ1) is 10.2. The fourth-order valence-corrected chi connectivity index (χ4v) is 2.41. The molecule has 0 spiro atoms. The topological polar surface area (TPSA) is 108 Å². The lowest BCUT2D eigenvalue weighted by atomic mass is 10.5. The van der Waals surface area contributed by atoms with E-state index in [-0.39, 0.29) is 17.7 Å². The number of hydrogen-bond acceptors (Lipinski definition) is 9. The van der Waals surface area contributed by atoms with Gasteiger partial charge in [0.2, 0.25) is 0 Å². The number of esters is 1. The van der Waals surface area contributed by atoms with Crippen molar-refractivity contribution in [3.63, 3.8) is 0 Å². The highest BCUT2D eigenvalue weighted by Gasteiger charge is 2.18. The minimum atomic E-state index is -0.645. The molecule has 0 aromatic carbocycles. The lowest BCUT2D eigenvalue weighted by Crippen LogP contribution is -2.04. The lowest BCUT2D eigenvalue weighted by Gasteiger charge is -2.01. The van der Waals surface area contributed by atoms with Gasteiger partial charge in [-0.1, -0.05) is 5.10 Å². The maximum Gasteiger partial charge on any atom is 0.396 e. The molecule has 0 aliphatic heterocycles.